The maximum atomic E-state index is 12.3. The van der Waals surface area contributed by atoms with E-state index >= 15 is 0 Å². The van der Waals surface area contributed by atoms with E-state index < -0.39 is 0 Å². The second-order valence-corrected chi connectivity index (χ2v) is 7.06. The molecule has 0 saturated carbocycles. The quantitative estimate of drug-likeness (QED) is 0.872. The molecule has 0 spiro atoms. The van der Waals surface area contributed by atoms with Crippen molar-refractivity contribution >= 4 is 28.2 Å². The Morgan fingerprint density at radius 3 is 2.67 bits per heavy atom. The minimum atomic E-state index is -0.348. The van der Waals surface area contributed by atoms with Crippen LogP contribution in [0.25, 0.3) is 0 Å². The van der Waals surface area contributed by atoms with Crippen molar-refractivity contribution in [3.8, 4) is 0 Å². The number of fused-ring (bicyclic) bond motifs is 1. The van der Waals surface area contributed by atoms with Crippen LogP contribution in [0, 0.1) is 0 Å². The molecule has 5 nitrogen and oxygen atoms in total. The summed E-state index contributed by atoms with van der Waals surface area (Å²) in [5.41, 5.74) is 1.53. The van der Waals surface area contributed by atoms with Crippen LogP contribution in [0.5, 0.6) is 0 Å². The van der Waals surface area contributed by atoms with Crippen LogP contribution < -0.4 is 5.32 Å². The van der Waals surface area contributed by atoms with Gasteiger partial charge in [0.15, 0.2) is 0 Å². The molecule has 0 fully saturated rings. The zero-order valence-electron chi connectivity index (χ0n) is 13.2. The molecule has 0 unspecified atom stereocenters. The number of carbonyl (C=O) groups excluding carboxylic acids is 2. The summed E-state index contributed by atoms with van der Waals surface area (Å²) in [6, 6.07) is 0. The Morgan fingerprint density at radius 2 is 2.10 bits per heavy atom. The lowest BCUT2D eigenvalue weighted by Gasteiger charge is -2.39. The number of hydrogen-bond acceptors (Lipinski definition) is 5. The molecular weight excluding hydrogens is 288 g/mol. The number of thiophene rings is 1. The van der Waals surface area contributed by atoms with E-state index in [4.69, 9.17) is 4.74 Å². The monoisotopic (exact) mass is 310 g/mol. The first-order valence-electron chi connectivity index (χ1n) is 7.06. The van der Waals surface area contributed by atoms with Crippen LogP contribution in [0.3, 0.4) is 0 Å². The molecule has 0 aliphatic carbocycles. The summed E-state index contributed by atoms with van der Waals surface area (Å²) in [5.74, 6) is -0.522. The van der Waals surface area contributed by atoms with E-state index in [2.05, 4.69) is 31.1 Å². The number of esters is 1. The van der Waals surface area contributed by atoms with Gasteiger partial charge in [0.1, 0.15) is 5.00 Å². The highest BCUT2D eigenvalue weighted by molar-refractivity contribution is 7.17. The van der Waals surface area contributed by atoms with Crippen LogP contribution >= 0.6 is 11.3 Å². The highest BCUT2D eigenvalue weighted by Crippen LogP contribution is 2.41. The summed E-state index contributed by atoms with van der Waals surface area (Å²) in [7, 11) is 2.07. The zero-order chi connectivity index (χ0) is 15.8. The number of hydrogen-bond donors (Lipinski definition) is 1. The standard InChI is InChI=1S/C15H22N2O3S/c1-6-20-14(19)12-10-7-15(3,4)17(5)8-11(10)21-13(12)16-9(2)18/h6-8H2,1-5H3,(H,16,18). The summed E-state index contributed by atoms with van der Waals surface area (Å²) in [5, 5.41) is 3.38. The van der Waals surface area contributed by atoms with Crippen LogP contribution in [0.4, 0.5) is 5.00 Å². The molecule has 21 heavy (non-hydrogen) atoms. The van der Waals surface area contributed by atoms with E-state index in [1.165, 1.54) is 18.3 Å². The van der Waals surface area contributed by atoms with Crippen LogP contribution in [0.1, 0.15) is 48.5 Å². The lowest BCUT2D eigenvalue weighted by atomic mass is 9.87. The highest BCUT2D eigenvalue weighted by Gasteiger charge is 2.36. The smallest absolute Gasteiger partial charge is 0.341 e. The van der Waals surface area contributed by atoms with Gasteiger partial charge in [-0.2, -0.15) is 0 Å². The van der Waals surface area contributed by atoms with Gasteiger partial charge in [0.2, 0.25) is 5.91 Å². The molecule has 6 heteroatoms. The van der Waals surface area contributed by atoms with Crippen molar-refractivity contribution in [3.63, 3.8) is 0 Å². The van der Waals surface area contributed by atoms with Crippen molar-refractivity contribution in [2.24, 2.45) is 0 Å². The summed E-state index contributed by atoms with van der Waals surface area (Å²) in [6.45, 7) is 8.64. The lowest BCUT2D eigenvalue weighted by Crippen LogP contribution is -2.45. The number of carbonyl (C=O) groups is 2. The molecule has 2 heterocycles. The number of anilines is 1. The van der Waals surface area contributed by atoms with E-state index in [1.54, 1.807) is 6.92 Å². The Kier molecular flexibility index (Phi) is 4.39. The van der Waals surface area contributed by atoms with Gasteiger partial charge < -0.3 is 10.1 Å². The number of nitrogens with one attached hydrogen (secondary N) is 1. The molecule has 0 bridgehead atoms. The van der Waals surface area contributed by atoms with Crippen molar-refractivity contribution < 1.29 is 14.3 Å². The third-order valence-corrected chi connectivity index (χ3v) is 5.02. The molecule has 116 valence electrons. The first kappa shape index (κ1) is 16.0. The Labute approximate surface area is 129 Å². The Balaban J connectivity index is 2.50. The van der Waals surface area contributed by atoms with E-state index in [-0.39, 0.29) is 17.4 Å². The predicted octanol–water partition coefficient (Wildman–Crippen LogP) is 2.65. The van der Waals surface area contributed by atoms with E-state index in [1.807, 2.05) is 0 Å². The SMILES string of the molecule is CCOC(=O)c1c(NC(C)=O)sc2c1CC(C)(C)N(C)C2. The van der Waals surface area contributed by atoms with Gasteiger partial charge in [-0.25, -0.2) is 4.79 Å². The number of amides is 1. The van der Waals surface area contributed by atoms with Crippen molar-refractivity contribution in [1.29, 1.82) is 0 Å². The Morgan fingerprint density at radius 1 is 1.43 bits per heavy atom. The fourth-order valence-corrected chi connectivity index (χ4v) is 3.80. The summed E-state index contributed by atoms with van der Waals surface area (Å²) in [6.07, 6.45) is 0.767. The number of likely N-dealkylation sites (N-methyl/N-ethyl adjacent to an activating group) is 1. The van der Waals surface area contributed by atoms with E-state index in [0.29, 0.717) is 17.2 Å². The van der Waals surface area contributed by atoms with Gasteiger partial charge in [0.25, 0.3) is 0 Å². The Bertz CT molecular complexity index is 578. The fraction of sp³-hybridized carbons (Fsp3) is 0.600. The van der Waals surface area contributed by atoms with Gasteiger partial charge in [-0.3, -0.25) is 9.69 Å². The van der Waals surface area contributed by atoms with Crippen molar-refractivity contribution in [2.45, 2.75) is 46.2 Å². The molecule has 0 radical (unpaired) electrons. The number of rotatable bonds is 3. The molecule has 1 aromatic heterocycles. The van der Waals surface area contributed by atoms with Gasteiger partial charge in [0.05, 0.1) is 12.2 Å². The van der Waals surface area contributed by atoms with Gasteiger partial charge in [-0.1, -0.05) is 0 Å². The van der Waals surface area contributed by atoms with Crippen molar-refractivity contribution in [3.05, 3.63) is 16.0 Å². The second kappa shape index (κ2) is 5.77. The summed E-state index contributed by atoms with van der Waals surface area (Å²) in [4.78, 5) is 27.1. The molecule has 1 N–H and O–H groups in total. The van der Waals surface area contributed by atoms with Gasteiger partial charge in [0, 0.05) is 23.9 Å². The van der Waals surface area contributed by atoms with Crippen LogP contribution in [0.2, 0.25) is 0 Å². The third-order valence-electron chi connectivity index (χ3n) is 3.88. The molecule has 1 amide bonds. The Hall–Kier alpha value is -1.40. The van der Waals surface area contributed by atoms with Crippen LogP contribution in [0.15, 0.2) is 0 Å². The van der Waals surface area contributed by atoms with Crippen molar-refractivity contribution in [2.75, 3.05) is 19.0 Å². The first-order valence-corrected chi connectivity index (χ1v) is 7.88. The predicted molar refractivity (Wildman–Crippen MR) is 83.8 cm³/mol. The average molecular weight is 310 g/mol. The minimum Gasteiger partial charge on any atom is -0.462 e. The van der Waals surface area contributed by atoms with E-state index in [9.17, 15) is 9.59 Å². The lowest BCUT2D eigenvalue weighted by molar-refractivity contribution is -0.114. The molecule has 1 aliphatic rings. The van der Waals surface area contributed by atoms with E-state index in [0.717, 1.165) is 23.4 Å². The number of ether oxygens (including phenoxy) is 1. The highest BCUT2D eigenvalue weighted by atomic mass is 32.1. The molecule has 0 saturated heterocycles. The molecule has 1 aliphatic heterocycles. The van der Waals surface area contributed by atoms with Gasteiger partial charge >= 0.3 is 5.97 Å². The fourth-order valence-electron chi connectivity index (χ4n) is 2.49. The minimum absolute atomic E-state index is 0.0250. The summed E-state index contributed by atoms with van der Waals surface area (Å²) >= 11 is 1.47. The average Bonchev–Trinajstić information content (AvgIpc) is 2.65. The maximum Gasteiger partial charge on any atom is 0.341 e. The largest absolute Gasteiger partial charge is 0.462 e. The molecular formula is C15H22N2O3S. The second-order valence-electron chi connectivity index (χ2n) is 5.95. The number of nitrogens with zero attached hydrogens (tertiary/aromatic N) is 1. The molecule has 2 rings (SSSR count). The van der Waals surface area contributed by atoms with Gasteiger partial charge in [-0.15, -0.1) is 11.3 Å². The first-order chi connectivity index (χ1) is 9.76. The topological polar surface area (TPSA) is 58.6 Å². The van der Waals surface area contributed by atoms with Crippen LogP contribution in [-0.2, 0) is 22.5 Å². The molecule has 1 aromatic rings. The normalized spacial score (nSPS) is 17.2. The van der Waals surface area contributed by atoms with Gasteiger partial charge in [-0.05, 0) is 39.8 Å². The molecule has 0 aromatic carbocycles. The summed E-state index contributed by atoms with van der Waals surface area (Å²) < 4.78 is 5.17. The molecule has 0 atom stereocenters. The van der Waals surface area contributed by atoms with Crippen molar-refractivity contribution in [1.82, 2.24) is 4.90 Å². The maximum absolute atomic E-state index is 12.3. The third kappa shape index (κ3) is 3.11. The zero-order valence-corrected chi connectivity index (χ0v) is 14.0. The van der Waals surface area contributed by atoms with Crippen LogP contribution in [-0.4, -0.2) is 36.0 Å².